The van der Waals surface area contributed by atoms with Crippen LogP contribution in [0.15, 0.2) is 36.4 Å². The molecule has 6 heteroatoms. The van der Waals surface area contributed by atoms with Crippen LogP contribution in [0.3, 0.4) is 0 Å². The van der Waals surface area contributed by atoms with Crippen molar-refractivity contribution in [2.45, 2.75) is 44.6 Å². The molecule has 1 aliphatic heterocycles. The second-order valence-electron chi connectivity index (χ2n) is 7.76. The van der Waals surface area contributed by atoms with Gasteiger partial charge in [-0.1, -0.05) is 12.8 Å². The molecule has 1 aromatic carbocycles. The van der Waals surface area contributed by atoms with Gasteiger partial charge in [0.25, 0.3) is 0 Å². The van der Waals surface area contributed by atoms with Crippen molar-refractivity contribution in [1.82, 2.24) is 15.5 Å². The van der Waals surface area contributed by atoms with Crippen molar-refractivity contribution in [3.05, 3.63) is 36.4 Å². The van der Waals surface area contributed by atoms with Crippen LogP contribution >= 0.6 is 0 Å². The number of hydrogen-bond donors (Lipinski definition) is 1. The van der Waals surface area contributed by atoms with E-state index in [0.717, 1.165) is 61.6 Å². The minimum absolute atomic E-state index is 0.128. The van der Waals surface area contributed by atoms with Gasteiger partial charge in [0.15, 0.2) is 5.82 Å². The summed E-state index contributed by atoms with van der Waals surface area (Å²) in [6.45, 7) is 1.69. The van der Waals surface area contributed by atoms with Gasteiger partial charge in [0.05, 0.1) is 12.8 Å². The Morgan fingerprint density at radius 1 is 1.00 bits per heavy atom. The first kappa shape index (κ1) is 18.7. The summed E-state index contributed by atoms with van der Waals surface area (Å²) in [6, 6.07) is 12.2. The molecule has 4 rings (SSSR count). The molecule has 6 nitrogen and oxygen atoms in total. The zero-order valence-corrected chi connectivity index (χ0v) is 16.4. The SMILES string of the molecule is COc1ccc(-c2ccc(N3CCC(C(=O)NC4CCCC4)CC3)nn2)cc1. The van der Waals surface area contributed by atoms with E-state index in [0.29, 0.717) is 6.04 Å². The summed E-state index contributed by atoms with van der Waals surface area (Å²) in [5.74, 6) is 2.08. The Morgan fingerprint density at radius 2 is 1.71 bits per heavy atom. The minimum Gasteiger partial charge on any atom is -0.497 e. The highest BCUT2D eigenvalue weighted by Gasteiger charge is 2.28. The Balaban J connectivity index is 1.32. The Hall–Kier alpha value is -2.63. The van der Waals surface area contributed by atoms with E-state index in [1.54, 1.807) is 7.11 Å². The molecular formula is C22H28N4O2. The summed E-state index contributed by atoms with van der Waals surface area (Å²) in [6.07, 6.45) is 6.52. The summed E-state index contributed by atoms with van der Waals surface area (Å²) in [7, 11) is 1.66. The van der Waals surface area contributed by atoms with Crippen molar-refractivity contribution in [1.29, 1.82) is 0 Å². The summed E-state index contributed by atoms with van der Waals surface area (Å²) in [4.78, 5) is 14.7. The Bertz CT molecular complexity index is 777. The number of benzene rings is 1. The number of amides is 1. The maximum Gasteiger partial charge on any atom is 0.223 e. The number of ether oxygens (including phenoxy) is 1. The van der Waals surface area contributed by atoms with Crippen molar-refractivity contribution in [2.24, 2.45) is 5.92 Å². The lowest BCUT2D eigenvalue weighted by atomic mass is 9.95. The predicted octanol–water partition coefficient (Wildman–Crippen LogP) is 3.43. The van der Waals surface area contributed by atoms with E-state index < -0.39 is 0 Å². The molecule has 0 bridgehead atoms. The fourth-order valence-electron chi connectivity index (χ4n) is 4.17. The fourth-order valence-corrected chi connectivity index (χ4v) is 4.17. The average molecular weight is 380 g/mol. The normalized spacial score (nSPS) is 18.2. The molecular weight excluding hydrogens is 352 g/mol. The third-order valence-electron chi connectivity index (χ3n) is 5.93. The standard InChI is InChI=1S/C22H28N4O2/c1-28-19-8-6-16(7-9-19)20-10-11-21(25-24-20)26-14-12-17(13-15-26)22(27)23-18-4-2-3-5-18/h6-11,17-18H,2-5,12-15H2,1H3,(H,23,27). The van der Waals surface area contributed by atoms with Crippen LogP contribution < -0.4 is 15.0 Å². The number of aromatic nitrogens is 2. The van der Waals surface area contributed by atoms with Gasteiger partial charge in [0, 0.05) is 30.6 Å². The third-order valence-corrected chi connectivity index (χ3v) is 5.93. The third kappa shape index (κ3) is 4.26. The van der Waals surface area contributed by atoms with Gasteiger partial charge in [-0.05, 0) is 62.1 Å². The molecule has 0 atom stereocenters. The Labute approximate surface area is 166 Å². The number of rotatable bonds is 5. The van der Waals surface area contributed by atoms with Crippen LogP contribution in [0.5, 0.6) is 5.75 Å². The molecule has 1 N–H and O–H groups in total. The molecule has 1 saturated heterocycles. The topological polar surface area (TPSA) is 67.3 Å². The number of anilines is 1. The molecule has 0 unspecified atom stereocenters. The molecule has 1 aromatic heterocycles. The van der Waals surface area contributed by atoms with Gasteiger partial charge in [-0.15, -0.1) is 10.2 Å². The zero-order valence-electron chi connectivity index (χ0n) is 16.4. The smallest absolute Gasteiger partial charge is 0.223 e. The van der Waals surface area contributed by atoms with Gasteiger partial charge in [0.2, 0.25) is 5.91 Å². The van der Waals surface area contributed by atoms with Crippen LogP contribution in [0, 0.1) is 5.92 Å². The number of piperidine rings is 1. The van der Waals surface area contributed by atoms with Crippen molar-refractivity contribution < 1.29 is 9.53 Å². The van der Waals surface area contributed by atoms with Crippen LogP contribution in [0.1, 0.15) is 38.5 Å². The van der Waals surface area contributed by atoms with E-state index in [1.165, 1.54) is 12.8 Å². The highest BCUT2D eigenvalue weighted by Crippen LogP contribution is 2.25. The van der Waals surface area contributed by atoms with E-state index in [-0.39, 0.29) is 11.8 Å². The molecule has 2 heterocycles. The van der Waals surface area contributed by atoms with E-state index >= 15 is 0 Å². The van der Waals surface area contributed by atoms with Gasteiger partial charge in [-0.2, -0.15) is 0 Å². The van der Waals surface area contributed by atoms with Crippen LogP contribution in [-0.4, -0.2) is 42.3 Å². The summed E-state index contributed by atoms with van der Waals surface area (Å²) < 4.78 is 5.19. The van der Waals surface area contributed by atoms with Crippen molar-refractivity contribution in [2.75, 3.05) is 25.1 Å². The molecule has 0 radical (unpaired) electrons. The van der Waals surface area contributed by atoms with Crippen molar-refractivity contribution in [3.63, 3.8) is 0 Å². The lowest BCUT2D eigenvalue weighted by Gasteiger charge is -2.32. The highest BCUT2D eigenvalue weighted by molar-refractivity contribution is 5.79. The van der Waals surface area contributed by atoms with E-state index in [2.05, 4.69) is 20.4 Å². The van der Waals surface area contributed by atoms with Gasteiger partial charge in [-0.3, -0.25) is 4.79 Å². The van der Waals surface area contributed by atoms with Gasteiger partial charge >= 0.3 is 0 Å². The van der Waals surface area contributed by atoms with E-state index in [1.807, 2.05) is 36.4 Å². The molecule has 2 aliphatic rings. The lowest BCUT2D eigenvalue weighted by molar-refractivity contribution is -0.126. The molecule has 148 valence electrons. The number of methoxy groups -OCH3 is 1. The largest absolute Gasteiger partial charge is 0.497 e. The van der Waals surface area contributed by atoms with Crippen LogP contribution in [0.2, 0.25) is 0 Å². The van der Waals surface area contributed by atoms with Gasteiger partial charge < -0.3 is 15.0 Å². The summed E-state index contributed by atoms with van der Waals surface area (Å²) in [5, 5.41) is 12.1. The molecule has 28 heavy (non-hydrogen) atoms. The number of carbonyl (C=O) groups excluding carboxylic acids is 1. The summed E-state index contributed by atoms with van der Waals surface area (Å²) >= 11 is 0. The second-order valence-corrected chi connectivity index (χ2v) is 7.76. The molecule has 1 amide bonds. The molecule has 1 saturated carbocycles. The number of nitrogens with zero attached hydrogens (tertiary/aromatic N) is 3. The predicted molar refractivity (Wildman–Crippen MR) is 109 cm³/mol. The van der Waals surface area contributed by atoms with Crippen molar-refractivity contribution in [3.8, 4) is 17.0 Å². The van der Waals surface area contributed by atoms with Gasteiger partial charge in [-0.25, -0.2) is 0 Å². The first-order chi connectivity index (χ1) is 13.7. The van der Waals surface area contributed by atoms with E-state index in [4.69, 9.17) is 4.74 Å². The first-order valence-electron chi connectivity index (χ1n) is 10.3. The maximum absolute atomic E-state index is 12.5. The first-order valence-corrected chi connectivity index (χ1v) is 10.3. The molecule has 0 spiro atoms. The quantitative estimate of drug-likeness (QED) is 0.861. The molecule has 2 aromatic rings. The fraction of sp³-hybridized carbons (Fsp3) is 0.500. The second kappa shape index (κ2) is 8.59. The van der Waals surface area contributed by atoms with Crippen LogP contribution in [-0.2, 0) is 4.79 Å². The molecule has 1 aliphatic carbocycles. The van der Waals surface area contributed by atoms with Gasteiger partial charge in [0.1, 0.15) is 5.75 Å². The van der Waals surface area contributed by atoms with Crippen LogP contribution in [0.25, 0.3) is 11.3 Å². The Morgan fingerprint density at radius 3 is 2.32 bits per heavy atom. The molecule has 2 fully saturated rings. The van der Waals surface area contributed by atoms with Crippen molar-refractivity contribution >= 4 is 11.7 Å². The summed E-state index contributed by atoms with van der Waals surface area (Å²) in [5.41, 5.74) is 1.86. The maximum atomic E-state index is 12.5. The number of hydrogen-bond acceptors (Lipinski definition) is 5. The van der Waals surface area contributed by atoms with Crippen LogP contribution in [0.4, 0.5) is 5.82 Å². The zero-order chi connectivity index (χ0) is 19.3. The lowest BCUT2D eigenvalue weighted by Crippen LogP contribution is -2.43. The minimum atomic E-state index is 0.128. The number of carbonyl (C=O) groups is 1. The van der Waals surface area contributed by atoms with E-state index in [9.17, 15) is 4.79 Å². The monoisotopic (exact) mass is 380 g/mol. The highest BCUT2D eigenvalue weighted by atomic mass is 16.5. The average Bonchev–Trinajstić information content (AvgIpc) is 3.27. The Kier molecular flexibility index (Phi) is 5.74. The number of nitrogens with one attached hydrogen (secondary N) is 1.